The molecule has 0 aliphatic heterocycles. The molecule has 2 N–H and O–H groups in total. The molecule has 100 valence electrons. The number of amides is 1. The van der Waals surface area contributed by atoms with Crippen LogP contribution in [0.3, 0.4) is 0 Å². The third-order valence-electron chi connectivity index (χ3n) is 2.45. The predicted molar refractivity (Wildman–Crippen MR) is 73.7 cm³/mol. The molecule has 0 unspecified atom stereocenters. The molecule has 6 nitrogen and oxygen atoms in total. The van der Waals surface area contributed by atoms with E-state index < -0.39 is 0 Å². The maximum atomic E-state index is 11.4. The first-order chi connectivity index (χ1) is 9.15. The van der Waals surface area contributed by atoms with Crippen molar-refractivity contribution in [1.82, 2.24) is 20.5 Å². The van der Waals surface area contributed by atoms with Crippen molar-refractivity contribution in [1.29, 1.82) is 0 Å². The van der Waals surface area contributed by atoms with E-state index in [1.165, 1.54) is 0 Å². The molecule has 0 aliphatic rings. The summed E-state index contributed by atoms with van der Waals surface area (Å²) in [6.07, 6.45) is 0.383. The lowest BCUT2D eigenvalue weighted by molar-refractivity contribution is -0.121. The second-order valence-corrected chi connectivity index (χ2v) is 4.52. The van der Waals surface area contributed by atoms with Gasteiger partial charge in [-0.2, -0.15) is 0 Å². The predicted octanol–water partition coefficient (Wildman–Crippen LogP) is 1.35. The van der Waals surface area contributed by atoms with E-state index >= 15 is 0 Å². The maximum Gasteiger partial charge on any atom is 0.243 e. The zero-order chi connectivity index (χ0) is 13.7. The highest BCUT2D eigenvalue weighted by molar-refractivity contribution is 5.77. The molecule has 6 heteroatoms. The average molecular weight is 259 g/mol. The Balaban J connectivity index is 1.89. The zero-order valence-corrected chi connectivity index (χ0v) is 11.1. The first-order valence-electron chi connectivity index (χ1n) is 6.28. The molecule has 0 bridgehead atoms. The number of rotatable bonds is 5. The van der Waals surface area contributed by atoms with Crippen LogP contribution in [0.5, 0.6) is 0 Å². The van der Waals surface area contributed by atoms with Gasteiger partial charge in [-0.25, -0.2) is 4.98 Å². The molecule has 0 radical (unpaired) electrons. The summed E-state index contributed by atoms with van der Waals surface area (Å²) < 4.78 is 0. The topological polar surface area (TPSA) is 79.8 Å². The van der Waals surface area contributed by atoms with E-state index in [1.807, 2.05) is 38.1 Å². The Morgan fingerprint density at radius 3 is 2.68 bits per heavy atom. The molecule has 1 aromatic carbocycles. The van der Waals surface area contributed by atoms with Crippen molar-refractivity contribution < 1.29 is 4.79 Å². The van der Waals surface area contributed by atoms with Crippen LogP contribution in [0.15, 0.2) is 24.3 Å². The third-order valence-corrected chi connectivity index (χ3v) is 2.45. The first kappa shape index (κ1) is 13.2. The van der Waals surface area contributed by atoms with Crippen molar-refractivity contribution in [3.63, 3.8) is 0 Å². The maximum absolute atomic E-state index is 11.4. The highest BCUT2D eigenvalue weighted by Crippen LogP contribution is 2.08. The van der Waals surface area contributed by atoms with E-state index in [0.717, 1.165) is 11.0 Å². The van der Waals surface area contributed by atoms with Crippen LogP contribution in [0.4, 0.5) is 5.95 Å². The third kappa shape index (κ3) is 3.87. The van der Waals surface area contributed by atoms with E-state index in [2.05, 4.69) is 25.8 Å². The average Bonchev–Trinajstić information content (AvgIpc) is 2.37. The Hall–Kier alpha value is -2.24. The highest BCUT2D eigenvalue weighted by Gasteiger charge is 2.04. The Labute approximate surface area is 111 Å². The number of carbonyl (C=O) groups is 1. The van der Waals surface area contributed by atoms with Crippen LogP contribution in [0.1, 0.15) is 20.3 Å². The lowest BCUT2D eigenvalue weighted by Gasteiger charge is -2.08. The molecule has 19 heavy (non-hydrogen) atoms. The van der Waals surface area contributed by atoms with Crippen molar-refractivity contribution in [3.8, 4) is 0 Å². The van der Waals surface area contributed by atoms with Gasteiger partial charge >= 0.3 is 0 Å². The second kappa shape index (κ2) is 6.08. The first-order valence-corrected chi connectivity index (χ1v) is 6.28. The van der Waals surface area contributed by atoms with E-state index in [4.69, 9.17) is 0 Å². The van der Waals surface area contributed by atoms with E-state index in [1.54, 1.807) is 0 Å². The zero-order valence-electron chi connectivity index (χ0n) is 11.1. The van der Waals surface area contributed by atoms with E-state index in [9.17, 15) is 4.79 Å². The van der Waals surface area contributed by atoms with Gasteiger partial charge in [0, 0.05) is 19.0 Å². The Morgan fingerprint density at radius 1 is 1.21 bits per heavy atom. The number of anilines is 1. The van der Waals surface area contributed by atoms with E-state index in [0.29, 0.717) is 18.9 Å². The summed E-state index contributed by atoms with van der Waals surface area (Å²) in [5.74, 6) is 0.451. The summed E-state index contributed by atoms with van der Waals surface area (Å²) in [4.78, 5) is 15.8. The number of nitrogens with zero attached hydrogens (tertiary/aromatic N) is 3. The van der Waals surface area contributed by atoms with Crippen molar-refractivity contribution in [3.05, 3.63) is 24.3 Å². The molecular weight excluding hydrogens is 242 g/mol. The molecule has 2 rings (SSSR count). The fraction of sp³-hybridized carbons (Fsp3) is 0.385. The number of fused-ring (bicyclic) bond motifs is 1. The van der Waals surface area contributed by atoms with Crippen molar-refractivity contribution >= 4 is 22.9 Å². The lowest BCUT2D eigenvalue weighted by atomic mass is 10.3. The molecule has 0 fully saturated rings. The summed E-state index contributed by atoms with van der Waals surface area (Å²) in [7, 11) is 0. The number of nitrogens with one attached hydrogen (secondary N) is 2. The molecule has 0 saturated carbocycles. The lowest BCUT2D eigenvalue weighted by Crippen LogP contribution is -2.31. The number of hydrogen-bond donors (Lipinski definition) is 2. The van der Waals surface area contributed by atoms with Crippen molar-refractivity contribution in [2.45, 2.75) is 26.3 Å². The summed E-state index contributed by atoms with van der Waals surface area (Å²) in [5, 5.41) is 13.8. The molecular formula is C13H17N5O. The van der Waals surface area contributed by atoms with Gasteiger partial charge in [0.25, 0.3) is 0 Å². The molecule has 0 atom stereocenters. The summed E-state index contributed by atoms with van der Waals surface area (Å²) in [5.41, 5.74) is 1.54. The van der Waals surface area contributed by atoms with Gasteiger partial charge in [0.2, 0.25) is 11.9 Å². The summed E-state index contributed by atoms with van der Waals surface area (Å²) >= 11 is 0. The molecule has 2 aromatic rings. The van der Waals surface area contributed by atoms with Gasteiger partial charge in [-0.15, -0.1) is 10.2 Å². The van der Waals surface area contributed by atoms with Gasteiger partial charge in [0.05, 0.1) is 5.52 Å². The van der Waals surface area contributed by atoms with Gasteiger partial charge in [-0.1, -0.05) is 12.1 Å². The summed E-state index contributed by atoms with van der Waals surface area (Å²) in [6.45, 7) is 4.35. The Kier molecular flexibility index (Phi) is 4.22. The summed E-state index contributed by atoms with van der Waals surface area (Å²) in [6, 6.07) is 7.68. The van der Waals surface area contributed by atoms with Crippen LogP contribution in [0.2, 0.25) is 0 Å². The minimum Gasteiger partial charge on any atom is -0.354 e. The Morgan fingerprint density at radius 2 is 1.95 bits per heavy atom. The van der Waals surface area contributed by atoms with Gasteiger partial charge in [-0.05, 0) is 26.0 Å². The standard InChI is InChI=1S/C13H17N5O/c1-9(2)15-12(19)7-8-14-13-16-10-5-3-4-6-11(10)17-18-13/h3-6,9H,7-8H2,1-2H3,(H,15,19)(H,14,16,18). The van der Waals surface area contributed by atoms with Crippen LogP contribution in [-0.4, -0.2) is 33.7 Å². The SMILES string of the molecule is CC(C)NC(=O)CCNc1nnc2ccccc2n1. The normalized spacial score (nSPS) is 10.7. The highest BCUT2D eigenvalue weighted by atomic mass is 16.1. The second-order valence-electron chi connectivity index (χ2n) is 4.52. The molecule has 1 aromatic heterocycles. The van der Waals surface area contributed by atoms with Crippen molar-refractivity contribution in [2.75, 3.05) is 11.9 Å². The van der Waals surface area contributed by atoms with Gasteiger partial charge in [0.15, 0.2) is 0 Å². The van der Waals surface area contributed by atoms with Crippen LogP contribution < -0.4 is 10.6 Å². The fourth-order valence-corrected chi connectivity index (χ4v) is 1.64. The number of aromatic nitrogens is 3. The van der Waals surface area contributed by atoms with Crippen LogP contribution in [0.25, 0.3) is 11.0 Å². The number of carbonyl (C=O) groups excluding carboxylic acids is 1. The largest absolute Gasteiger partial charge is 0.354 e. The Bertz CT molecular complexity index is 570. The van der Waals surface area contributed by atoms with Gasteiger partial charge in [-0.3, -0.25) is 4.79 Å². The van der Waals surface area contributed by atoms with Crippen LogP contribution in [0, 0.1) is 0 Å². The minimum absolute atomic E-state index is 0.0104. The molecule has 1 heterocycles. The number of benzene rings is 1. The van der Waals surface area contributed by atoms with E-state index in [-0.39, 0.29) is 11.9 Å². The monoisotopic (exact) mass is 259 g/mol. The number of para-hydroxylation sites is 1. The molecule has 0 saturated heterocycles. The minimum atomic E-state index is 0.0104. The van der Waals surface area contributed by atoms with Crippen LogP contribution >= 0.6 is 0 Å². The molecule has 0 spiro atoms. The van der Waals surface area contributed by atoms with Crippen LogP contribution in [-0.2, 0) is 4.79 Å². The quantitative estimate of drug-likeness (QED) is 0.847. The molecule has 0 aliphatic carbocycles. The van der Waals surface area contributed by atoms with Gasteiger partial charge < -0.3 is 10.6 Å². The molecule has 1 amide bonds. The fourth-order valence-electron chi connectivity index (χ4n) is 1.64. The van der Waals surface area contributed by atoms with Crippen molar-refractivity contribution in [2.24, 2.45) is 0 Å². The van der Waals surface area contributed by atoms with Gasteiger partial charge in [0.1, 0.15) is 5.52 Å². The number of hydrogen-bond acceptors (Lipinski definition) is 5. The smallest absolute Gasteiger partial charge is 0.243 e.